The van der Waals surface area contributed by atoms with Crippen LogP contribution in [0.25, 0.3) is 10.2 Å². The molecule has 0 spiro atoms. The highest BCUT2D eigenvalue weighted by Crippen LogP contribution is 2.27. The third-order valence-electron chi connectivity index (χ3n) is 2.37. The lowest BCUT2D eigenvalue weighted by molar-refractivity contribution is 0.0696. The van der Waals surface area contributed by atoms with E-state index >= 15 is 0 Å². The molecule has 0 fully saturated rings. The Morgan fingerprint density at radius 3 is 3.00 bits per heavy atom. The summed E-state index contributed by atoms with van der Waals surface area (Å²) < 4.78 is 1.04. The van der Waals surface area contributed by atoms with Gasteiger partial charge in [-0.15, -0.1) is 11.3 Å². The number of benzene rings is 1. The van der Waals surface area contributed by atoms with E-state index in [1.54, 1.807) is 18.3 Å². The summed E-state index contributed by atoms with van der Waals surface area (Å²) in [5, 5.41) is 11.5. The fraction of sp³-hybridized carbons (Fsp3) is 0.364. The van der Waals surface area contributed by atoms with Gasteiger partial charge in [-0.3, -0.25) is 0 Å². The van der Waals surface area contributed by atoms with Gasteiger partial charge in [0.05, 0.1) is 20.8 Å². The van der Waals surface area contributed by atoms with E-state index in [2.05, 4.69) is 4.98 Å². The molecule has 1 atom stereocenters. The molecule has 1 aromatic carbocycles. The predicted molar refractivity (Wildman–Crippen MR) is 68.0 cm³/mol. The molecule has 0 radical (unpaired) electrons. The molecule has 0 aliphatic heterocycles. The van der Waals surface area contributed by atoms with Gasteiger partial charge in [-0.2, -0.15) is 0 Å². The van der Waals surface area contributed by atoms with Gasteiger partial charge in [0.1, 0.15) is 0 Å². The zero-order valence-corrected chi connectivity index (χ0v) is 10.5. The number of nitrogens with two attached hydrogens (primary N) is 1. The van der Waals surface area contributed by atoms with Crippen LogP contribution in [-0.4, -0.2) is 22.2 Å². The van der Waals surface area contributed by atoms with E-state index < -0.39 is 5.60 Å². The third-order valence-corrected chi connectivity index (χ3v) is 3.62. The second-order valence-corrected chi connectivity index (χ2v) is 5.65. The van der Waals surface area contributed by atoms with E-state index in [-0.39, 0.29) is 6.54 Å². The maximum absolute atomic E-state index is 9.87. The average molecular weight is 257 g/mol. The van der Waals surface area contributed by atoms with E-state index in [4.69, 9.17) is 17.3 Å². The number of thiazole rings is 1. The summed E-state index contributed by atoms with van der Waals surface area (Å²) in [4.78, 5) is 4.43. The lowest BCUT2D eigenvalue weighted by atomic mass is 10.0. The van der Waals surface area contributed by atoms with Crippen molar-refractivity contribution >= 4 is 33.2 Å². The van der Waals surface area contributed by atoms with Crippen LogP contribution in [0.15, 0.2) is 18.2 Å². The molecule has 86 valence electrons. The summed E-state index contributed by atoms with van der Waals surface area (Å²) in [5.74, 6) is 0. The van der Waals surface area contributed by atoms with Crippen LogP contribution < -0.4 is 5.73 Å². The van der Waals surface area contributed by atoms with Crippen molar-refractivity contribution in [2.75, 3.05) is 6.54 Å². The van der Waals surface area contributed by atoms with Crippen molar-refractivity contribution in [2.24, 2.45) is 5.73 Å². The molecule has 0 aliphatic rings. The van der Waals surface area contributed by atoms with Crippen molar-refractivity contribution in [2.45, 2.75) is 18.9 Å². The van der Waals surface area contributed by atoms with Gasteiger partial charge in [-0.1, -0.05) is 11.6 Å². The minimum Gasteiger partial charge on any atom is -0.388 e. The number of halogens is 1. The summed E-state index contributed by atoms with van der Waals surface area (Å²) >= 11 is 7.44. The van der Waals surface area contributed by atoms with Crippen LogP contribution in [0, 0.1) is 0 Å². The largest absolute Gasteiger partial charge is 0.388 e. The topological polar surface area (TPSA) is 59.1 Å². The van der Waals surface area contributed by atoms with Gasteiger partial charge in [0, 0.05) is 18.0 Å². The molecular formula is C11H13ClN2OS. The van der Waals surface area contributed by atoms with Gasteiger partial charge in [-0.05, 0) is 25.1 Å². The fourth-order valence-corrected chi connectivity index (χ4v) is 2.84. The van der Waals surface area contributed by atoms with Crippen LogP contribution in [-0.2, 0) is 6.42 Å². The molecule has 2 rings (SSSR count). The Hall–Kier alpha value is -0.680. The second-order valence-electron chi connectivity index (χ2n) is 4.10. The number of rotatable bonds is 3. The van der Waals surface area contributed by atoms with E-state index in [0.29, 0.717) is 11.4 Å². The molecule has 1 heterocycles. The Morgan fingerprint density at radius 1 is 1.56 bits per heavy atom. The minimum atomic E-state index is -0.891. The second kappa shape index (κ2) is 4.30. The van der Waals surface area contributed by atoms with E-state index in [1.807, 2.05) is 18.2 Å². The normalized spacial score (nSPS) is 15.2. The molecule has 0 saturated carbocycles. The van der Waals surface area contributed by atoms with Crippen LogP contribution in [0.5, 0.6) is 0 Å². The van der Waals surface area contributed by atoms with Gasteiger partial charge < -0.3 is 10.8 Å². The summed E-state index contributed by atoms with van der Waals surface area (Å²) in [6.07, 6.45) is 0.473. The van der Waals surface area contributed by atoms with Gasteiger partial charge in [0.2, 0.25) is 0 Å². The van der Waals surface area contributed by atoms with Crippen LogP contribution in [0.1, 0.15) is 11.9 Å². The van der Waals surface area contributed by atoms with Crippen molar-refractivity contribution in [3.8, 4) is 0 Å². The predicted octanol–water partition coefficient (Wildman–Crippen LogP) is 2.20. The van der Waals surface area contributed by atoms with Gasteiger partial charge in [0.25, 0.3) is 0 Å². The molecule has 3 nitrogen and oxygen atoms in total. The number of aliphatic hydroxyl groups is 1. The van der Waals surface area contributed by atoms with Crippen LogP contribution in [0.4, 0.5) is 0 Å². The number of hydrogen-bond donors (Lipinski definition) is 2. The lowest BCUT2D eigenvalue weighted by Crippen LogP contribution is -2.36. The van der Waals surface area contributed by atoms with Crippen molar-refractivity contribution < 1.29 is 5.11 Å². The molecular weight excluding hydrogens is 244 g/mol. The Morgan fingerprint density at radius 2 is 2.31 bits per heavy atom. The molecule has 0 saturated heterocycles. The van der Waals surface area contributed by atoms with E-state index in [1.165, 1.54) is 0 Å². The summed E-state index contributed by atoms with van der Waals surface area (Å²) in [5.41, 5.74) is 5.50. The first-order chi connectivity index (χ1) is 7.50. The number of aromatic nitrogens is 1. The average Bonchev–Trinajstić information content (AvgIpc) is 2.58. The zero-order chi connectivity index (χ0) is 11.8. The number of fused-ring (bicyclic) bond motifs is 1. The minimum absolute atomic E-state index is 0.226. The van der Waals surface area contributed by atoms with Gasteiger partial charge in [-0.25, -0.2) is 4.98 Å². The Labute approximate surface area is 103 Å². The highest BCUT2D eigenvalue weighted by molar-refractivity contribution is 7.18. The first-order valence-corrected chi connectivity index (χ1v) is 6.17. The Balaban J connectivity index is 2.33. The molecule has 1 unspecified atom stereocenters. The molecule has 0 bridgehead atoms. The van der Waals surface area contributed by atoms with Crippen LogP contribution >= 0.6 is 22.9 Å². The highest BCUT2D eigenvalue weighted by atomic mass is 35.5. The van der Waals surface area contributed by atoms with Gasteiger partial charge in [0.15, 0.2) is 0 Å². The van der Waals surface area contributed by atoms with Crippen molar-refractivity contribution in [1.29, 1.82) is 0 Å². The standard InChI is InChI=1S/C11H13ClN2OS/c1-11(15,6-13)5-10-14-8-3-2-7(12)4-9(8)16-10/h2-4,15H,5-6,13H2,1H3. The smallest absolute Gasteiger partial charge is 0.0967 e. The van der Waals surface area contributed by atoms with E-state index in [9.17, 15) is 5.11 Å². The molecule has 3 N–H and O–H groups in total. The first-order valence-electron chi connectivity index (χ1n) is 4.97. The third kappa shape index (κ3) is 2.52. The zero-order valence-electron chi connectivity index (χ0n) is 8.90. The van der Waals surface area contributed by atoms with Gasteiger partial charge >= 0.3 is 0 Å². The SMILES string of the molecule is CC(O)(CN)Cc1nc2ccc(Cl)cc2s1. The first kappa shape index (κ1) is 11.8. The monoisotopic (exact) mass is 256 g/mol. The molecule has 5 heteroatoms. The van der Waals surface area contributed by atoms with E-state index in [0.717, 1.165) is 15.2 Å². The lowest BCUT2D eigenvalue weighted by Gasteiger charge is -2.18. The summed E-state index contributed by atoms with van der Waals surface area (Å²) in [6, 6.07) is 5.58. The van der Waals surface area contributed by atoms with Crippen molar-refractivity contribution in [1.82, 2.24) is 4.98 Å². The van der Waals surface area contributed by atoms with Crippen molar-refractivity contribution in [3.05, 3.63) is 28.2 Å². The molecule has 2 aromatic rings. The van der Waals surface area contributed by atoms with Crippen LogP contribution in [0.2, 0.25) is 5.02 Å². The summed E-state index contributed by atoms with van der Waals surface area (Å²) in [6.45, 7) is 1.94. The molecule has 0 aliphatic carbocycles. The number of nitrogens with zero attached hydrogens (tertiary/aromatic N) is 1. The highest BCUT2D eigenvalue weighted by Gasteiger charge is 2.20. The maximum Gasteiger partial charge on any atom is 0.0967 e. The van der Waals surface area contributed by atoms with Crippen LogP contribution in [0.3, 0.4) is 0 Å². The van der Waals surface area contributed by atoms with Crippen molar-refractivity contribution in [3.63, 3.8) is 0 Å². The maximum atomic E-state index is 9.87. The fourth-order valence-electron chi connectivity index (χ4n) is 1.42. The molecule has 1 aromatic heterocycles. The Kier molecular flexibility index (Phi) is 3.17. The number of hydrogen-bond acceptors (Lipinski definition) is 4. The molecule has 0 amide bonds. The quantitative estimate of drug-likeness (QED) is 0.885. The molecule has 16 heavy (non-hydrogen) atoms. The summed E-state index contributed by atoms with van der Waals surface area (Å²) in [7, 11) is 0. The Bertz CT molecular complexity index is 510.